The van der Waals surface area contributed by atoms with Gasteiger partial charge < -0.3 is 9.47 Å². The van der Waals surface area contributed by atoms with E-state index in [0.717, 1.165) is 35.1 Å². The molecule has 0 aliphatic rings. The van der Waals surface area contributed by atoms with Crippen molar-refractivity contribution >= 4 is 17.3 Å². The van der Waals surface area contributed by atoms with E-state index in [1.807, 2.05) is 86.7 Å². The highest BCUT2D eigenvalue weighted by Crippen LogP contribution is 2.33. The number of aromatic nitrogens is 2. The van der Waals surface area contributed by atoms with Crippen molar-refractivity contribution in [3.63, 3.8) is 0 Å². The van der Waals surface area contributed by atoms with Crippen molar-refractivity contribution in [1.82, 2.24) is 15.0 Å². The monoisotopic (exact) mass is 596 g/mol. The van der Waals surface area contributed by atoms with E-state index in [2.05, 4.69) is 35.6 Å². The molecule has 3 rings (SSSR count). The molecule has 1 atom stereocenters. The number of methoxy groups -OCH3 is 1. The molecule has 0 N–H and O–H groups in total. The summed E-state index contributed by atoms with van der Waals surface area (Å²) in [4.78, 5) is 24.7. The molecule has 0 spiro atoms. The average molecular weight is 597 g/mol. The molecule has 8 nitrogen and oxygen atoms in total. The second-order valence-corrected chi connectivity index (χ2v) is 10.0. The fourth-order valence-electron chi connectivity index (χ4n) is 4.78. The van der Waals surface area contributed by atoms with Crippen LogP contribution in [0.4, 0.5) is 0 Å². The van der Waals surface area contributed by atoms with Gasteiger partial charge in [0.2, 0.25) is 0 Å². The van der Waals surface area contributed by atoms with Gasteiger partial charge in [0.25, 0.3) is 5.91 Å². The third-order valence-corrected chi connectivity index (χ3v) is 7.01. The van der Waals surface area contributed by atoms with Gasteiger partial charge in [-0.15, -0.1) is 0 Å². The number of hydrogen-bond acceptors (Lipinski definition) is 7. The average Bonchev–Trinajstić information content (AvgIpc) is 3.54. The third-order valence-electron chi connectivity index (χ3n) is 7.01. The molecule has 0 aliphatic heterocycles. The van der Waals surface area contributed by atoms with Gasteiger partial charge in [0.05, 0.1) is 19.6 Å². The summed E-state index contributed by atoms with van der Waals surface area (Å²) in [6, 6.07) is 16.0. The molecule has 0 bridgehead atoms. The lowest BCUT2D eigenvalue weighted by Gasteiger charge is -2.26. The van der Waals surface area contributed by atoms with Crippen molar-refractivity contribution in [3.05, 3.63) is 114 Å². The first-order valence-electron chi connectivity index (χ1n) is 15.1. The Kier molecular flexibility index (Phi) is 13.4. The minimum absolute atomic E-state index is 0.103. The minimum Gasteiger partial charge on any atom is -0.452 e. The van der Waals surface area contributed by atoms with Crippen molar-refractivity contribution < 1.29 is 18.8 Å². The third kappa shape index (κ3) is 8.89. The minimum atomic E-state index is -0.275. The van der Waals surface area contributed by atoms with Crippen molar-refractivity contribution in [2.24, 2.45) is 4.99 Å². The first-order valence-corrected chi connectivity index (χ1v) is 15.1. The Hall–Kier alpha value is -4.72. The summed E-state index contributed by atoms with van der Waals surface area (Å²) in [5.41, 5.74) is 4.08. The largest absolute Gasteiger partial charge is 0.452 e. The zero-order valence-corrected chi connectivity index (χ0v) is 26.7. The number of carbonyl (C=O) groups is 1. The highest BCUT2D eigenvalue weighted by molar-refractivity contribution is 6.05. The Morgan fingerprint density at radius 1 is 1.14 bits per heavy atom. The van der Waals surface area contributed by atoms with Gasteiger partial charge >= 0.3 is 6.08 Å². The maximum Gasteiger partial charge on any atom is 0.417 e. The molecule has 1 aromatic heterocycles. The van der Waals surface area contributed by atoms with Crippen molar-refractivity contribution in [2.75, 3.05) is 14.2 Å². The Morgan fingerprint density at radius 3 is 2.50 bits per heavy atom. The molecule has 0 radical (unpaired) electrons. The summed E-state index contributed by atoms with van der Waals surface area (Å²) in [5.74, 6) is 1.63. The highest BCUT2D eigenvalue weighted by atomic mass is 16.6. The second kappa shape index (κ2) is 17.4. The van der Waals surface area contributed by atoms with Crippen LogP contribution in [0, 0.1) is 0 Å². The van der Waals surface area contributed by atoms with E-state index in [-0.39, 0.29) is 17.9 Å². The van der Waals surface area contributed by atoms with Crippen LogP contribution in [-0.2, 0) is 17.8 Å². The molecule has 44 heavy (non-hydrogen) atoms. The molecule has 0 aliphatic carbocycles. The summed E-state index contributed by atoms with van der Waals surface area (Å²) < 4.78 is 16.5. The number of rotatable bonds is 15. The number of benzene rings is 2. The van der Waals surface area contributed by atoms with E-state index >= 15 is 0 Å². The van der Waals surface area contributed by atoms with Crippen molar-refractivity contribution in [1.29, 1.82) is 0 Å². The van der Waals surface area contributed by atoms with Crippen molar-refractivity contribution in [3.8, 4) is 11.8 Å². The fraction of sp³-hybridized carbons (Fsp3) is 0.333. The van der Waals surface area contributed by atoms with Gasteiger partial charge in [-0.1, -0.05) is 93.2 Å². The molecule has 1 amide bonds. The zero-order chi connectivity index (χ0) is 31.9. The SMILES string of the molecule is C=CC=CC(/C(=C\C)c1ccc(CN(C(=O)/C(=C/CC)Oc2cccc(CC)c2)C(CCC)=NC)cc1)c1noc(OC)n1. The fourth-order valence-corrected chi connectivity index (χ4v) is 4.78. The lowest BCUT2D eigenvalue weighted by molar-refractivity contribution is -0.126. The van der Waals surface area contributed by atoms with Gasteiger partial charge in [0.1, 0.15) is 11.6 Å². The topological polar surface area (TPSA) is 90.1 Å². The van der Waals surface area contributed by atoms with Crippen LogP contribution in [0.15, 0.2) is 101 Å². The molecule has 0 fully saturated rings. The Labute approximate surface area is 261 Å². The number of nitrogens with zero attached hydrogens (tertiary/aromatic N) is 4. The Morgan fingerprint density at radius 2 is 1.91 bits per heavy atom. The molecule has 3 aromatic rings. The van der Waals surface area contributed by atoms with Crippen LogP contribution < -0.4 is 9.47 Å². The van der Waals surface area contributed by atoms with E-state index in [0.29, 0.717) is 42.6 Å². The van der Waals surface area contributed by atoms with E-state index < -0.39 is 0 Å². The Bertz CT molecular complexity index is 1500. The van der Waals surface area contributed by atoms with Crippen LogP contribution in [0.1, 0.15) is 75.4 Å². The molecule has 0 saturated heterocycles. The number of allylic oxidation sites excluding steroid dienone is 6. The number of aryl methyl sites for hydroxylation is 1. The molecule has 1 heterocycles. The molecule has 2 aromatic carbocycles. The molecular weight excluding hydrogens is 552 g/mol. The van der Waals surface area contributed by atoms with Gasteiger partial charge in [0, 0.05) is 13.5 Å². The van der Waals surface area contributed by atoms with Gasteiger partial charge in [-0.05, 0) is 66.7 Å². The summed E-state index contributed by atoms with van der Waals surface area (Å²) in [7, 11) is 3.21. The van der Waals surface area contributed by atoms with Crippen LogP contribution in [-0.4, -0.2) is 40.9 Å². The standard InChI is InChI=1S/C36H44N4O4/c1-8-13-19-31(34-38-36(42-7)44-39-34)30(12-5)28-22-20-27(21-23-28)25-40(33(37-6)16-10-3)35(41)32(15-9-2)43-29-18-14-17-26(11-4)24-29/h8,12-15,17-24,31H,1,9-11,16,25H2,2-7H3/b19-13?,30-12-,32-15-,37-33?. The normalized spacial score (nSPS) is 13.2. The zero-order valence-electron chi connectivity index (χ0n) is 26.7. The predicted octanol–water partition coefficient (Wildman–Crippen LogP) is 8.10. The van der Waals surface area contributed by atoms with Crippen LogP contribution in [0.5, 0.6) is 11.8 Å². The van der Waals surface area contributed by atoms with Crippen molar-refractivity contribution in [2.45, 2.75) is 65.8 Å². The summed E-state index contributed by atoms with van der Waals surface area (Å²) in [6.07, 6.45) is 12.6. The highest BCUT2D eigenvalue weighted by Gasteiger charge is 2.25. The lowest BCUT2D eigenvalue weighted by Crippen LogP contribution is -2.38. The molecule has 1 unspecified atom stereocenters. The van der Waals surface area contributed by atoms with E-state index in [9.17, 15) is 4.79 Å². The quantitative estimate of drug-likeness (QED) is 0.0579. The number of aliphatic imine (C=N–C) groups is 1. The number of amidine groups is 1. The number of hydrogen-bond donors (Lipinski definition) is 0. The van der Waals surface area contributed by atoms with Crippen LogP contribution in [0.25, 0.3) is 5.57 Å². The van der Waals surface area contributed by atoms with Gasteiger partial charge in [-0.3, -0.25) is 19.2 Å². The first-order chi connectivity index (χ1) is 21.4. The molecule has 8 heteroatoms. The molecule has 0 saturated carbocycles. The van der Waals surface area contributed by atoms with Gasteiger partial charge in [0.15, 0.2) is 11.6 Å². The van der Waals surface area contributed by atoms with E-state index in [1.54, 1.807) is 18.0 Å². The Balaban J connectivity index is 1.93. The molecular formula is C36H44N4O4. The van der Waals surface area contributed by atoms with E-state index in [4.69, 9.17) is 14.0 Å². The summed E-state index contributed by atoms with van der Waals surface area (Å²) in [5, 5.41) is 4.12. The first kappa shape index (κ1) is 33.8. The van der Waals surface area contributed by atoms with Crippen LogP contribution in [0.3, 0.4) is 0 Å². The van der Waals surface area contributed by atoms with Gasteiger partial charge in [-0.2, -0.15) is 4.98 Å². The van der Waals surface area contributed by atoms with Gasteiger partial charge in [-0.25, -0.2) is 0 Å². The number of carbonyl (C=O) groups excluding carboxylic acids is 1. The van der Waals surface area contributed by atoms with Crippen LogP contribution in [0.2, 0.25) is 0 Å². The smallest absolute Gasteiger partial charge is 0.417 e. The van der Waals surface area contributed by atoms with E-state index in [1.165, 1.54) is 7.11 Å². The van der Waals surface area contributed by atoms with Crippen LogP contribution >= 0.6 is 0 Å². The molecule has 232 valence electrons. The second-order valence-electron chi connectivity index (χ2n) is 10.0. The summed E-state index contributed by atoms with van der Waals surface area (Å²) >= 11 is 0. The predicted molar refractivity (Wildman–Crippen MR) is 177 cm³/mol. The maximum absolute atomic E-state index is 14.1. The summed E-state index contributed by atoms with van der Waals surface area (Å²) in [6.45, 7) is 12.3. The lowest BCUT2D eigenvalue weighted by atomic mass is 9.90. The number of ether oxygens (including phenoxy) is 2. The maximum atomic E-state index is 14.1. The number of amides is 1.